The minimum atomic E-state index is -0.889. The normalized spacial score (nSPS) is 12.0. The number of amides is 3. The molecule has 1 atom stereocenters. The predicted molar refractivity (Wildman–Crippen MR) is 136 cm³/mol. The first-order chi connectivity index (χ1) is 17.0. The molecule has 3 amide bonds. The maximum absolute atomic E-state index is 13.6. The first kappa shape index (κ1) is 26.6. The second-order valence-corrected chi connectivity index (χ2v) is 9.75. The molecule has 2 N–H and O–H groups in total. The van der Waals surface area contributed by atoms with Gasteiger partial charge in [-0.1, -0.05) is 35.5 Å². The Kier molecular flexibility index (Phi) is 8.58. The van der Waals surface area contributed by atoms with E-state index in [-0.39, 0.29) is 37.1 Å². The standard InChI is InChI=1S/C27H33N5O4/c1-18-9-6-7-11-21(18)25(26(35)30-27(3,4)5)32(17-20-10-8-14-28-16-20)24(34)13-12-23(33)29-22-15-19(2)36-31-22/h6-11,14-16,25H,12-13,17H2,1-5H3,(H,30,35)(H,29,31,33). The Balaban J connectivity index is 1.90. The summed E-state index contributed by atoms with van der Waals surface area (Å²) in [5.41, 5.74) is 1.88. The van der Waals surface area contributed by atoms with Gasteiger partial charge in [0, 0.05) is 43.4 Å². The molecule has 190 valence electrons. The summed E-state index contributed by atoms with van der Waals surface area (Å²) in [6.07, 6.45) is 3.15. The largest absolute Gasteiger partial charge is 0.360 e. The van der Waals surface area contributed by atoms with E-state index in [0.717, 1.165) is 16.7 Å². The molecule has 2 aromatic heterocycles. The number of aryl methyl sites for hydroxylation is 2. The number of hydrogen-bond donors (Lipinski definition) is 2. The van der Waals surface area contributed by atoms with Crippen LogP contribution >= 0.6 is 0 Å². The van der Waals surface area contributed by atoms with Gasteiger partial charge < -0.3 is 20.1 Å². The van der Waals surface area contributed by atoms with Crippen LogP contribution in [0.1, 0.15) is 62.1 Å². The van der Waals surface area contributed by atoms with Gasteiger partial charge in [0.2, 0.25) is 17.7 Å². The van der Waals surface area contributed by atoms with Crippen LogP contribution in [0.15, 0.2) is 59.4 Å². The van der Waals surface area contributed by atoms with Gasteiger partial charge in [-0.2, -0.15) is 0 Å². The average Bonchev–Trinajstić information content (AvgIpc) is 3.22. The van der Waals surface area contributed by atoms with E-state index in [1.165, 1.54) is 4.90 Å². The number of rotatable bonds is 9. The minimum absolute atomic E-state index is 0.0737. The number of pyridine rings is 1. The molecule has 36 heavy (non-hydrogen) atoms. The Bertz CT molecular complexity index is 1200. The molecule has 3 aromatic rings. The van der Waals surface area contributed by atoms with Gasteiger partial charge in [0.25, 0.3) is 0 Å². The molecule has 0 fully saturated rings. The van der Waals surface area contributed by atoms with E-state index in [9.17, 15) is 14.4 Å². The van der Waals surface area contributed by atoms with Crippen molar-refractivity contribution in [3.05, 3.63) is 77.3 Å². The number of carbonyl (C=O) groups excluding carboxylic acids is 3. The maximum Gasteiger partial charge on any atom is 0.247 e. The summed E-state index contributed by atoms with van der Waals surface area (Å²) in [5, 5.41) is 9.39. The van der Waals surface area contributed by atoms with Gasteiger partial charge in [0.05, 0.1) is 0 Å². The SMILES string of the molecule is Cc1cc(NC(=O)CCC(=O)N(Cc2cccnc2)C(C(=O)NC(C)(C)C)c2ccccc2C)no1. The zero-order chi connectivity index (χ0) is 26.3. The van der Waals surface area contributed by atoms with Crippen molar-refractivity contribution in [3.63, 3.8) is 0 Å². The van der Waals surface area contributed by atoms with Gasteiger partial charge in [-0.3, -0.25) is 19.4 Å². The summed E-state index contributed by atoms with van der Waals surface area (Å²) in [6.45, 7) is 9.46. The highest BCUT2D eigenvalue weighted by atomic mass is 16.5. The van der Waals surface area contributed by atoms with Gasteiger partial charge in [-0.15, -0.1) is 0 Å². The zero-order valence-electron chi connectivity index (χ0n) is 21.4. The lowest BCUT2D eigenvalue weighted by molar-refractivity contribution is -0.142. The third-order valence-electron chi connectivity index (χ3n) is 5.40. The van der Waals surface area contributed by atoms with Crippen LogP contribution < -0.4 is 10.6 Å². The molecule has 0 saturated heterocycles. The molecule has 0 spiro atoms. The van der Waals surface area contributed by atoms with Crippen LogP contribution in [0, 0.1) is 13.8 Å². The number of hydrogen-bond acceptors (Lipinski definition) is 6. The number of nitrogens with zero attached hydrogens (tertiary/aromatic N) is 3. The molecule has 2 heterocycles. The molecule has 9 nitrogen and oxygen atoms in total. The van der Waals surface area contributed by atoms with Gasteiger partial charge in [-0.25, -0.2) is 0 Å². The quantitative estimate of drug-likeness (QED) is 0.466. The first-order valence-corrected chi connectivity index (χ1v) is 11.8. The van der Waals surface area contributed by atoms with E-state index in [2.05, 4.69) is 20.8 Å². The third-order valence-corrected chi connectivity index (χ3v) is 5.40. The molecule has 0 aliphatic heterocycles. The topological polar surface area (TPSA) is 117 Å². The number of nitrogens with one attached hydrogen (secondary N) is 2. The Morgan fingerprint density at radius 3 is 2.42 bits per heavy atom. The molecule has 0 saturated carbocycles. The predicted octanol–water partition coefficient (Wildman–Crippen LogP) is 4.09. The van der Waals surface area contributed by atoms with Crippen molar-refractivity contribution in [1.29, 1.82) is 0 Å². The van der Waals surface area contributed by atoms with Crippen LogP contribution in [0.25, 0.3) is 0 Å². The zero-order valence-corrected chi connectivity index (χ0v) is 21.4. The summed E-state index contributed by atoms with van der Waals surface area (Å²) < 4.78 is 4.96. The molecule has 0 aliphatic rings. The second kappa shape index (κ2) is 11.6. The van der Waals surface area contributed by atoms with Crippen molar-refractivity contribution in [1.82, 2.24) is 20.4 Å². The smallest absolute Gasteiger partial charge is 0.247 e. The lowest BCUT2D eigenvalue weighted by atomic mass is 9.96. The van der Waals surface area contributed by atoms with Crippen LogP contribution in [0.4, 0.5) is 5.82 Å². The fourth-order valence-electron chi connectivity index (χ4n) is 3.79. The van der Waals surface area contributed by atoms with Crippen molar-refractivity contribution < 1.29 is 18.9 Å². The van der Waals surface area contributed by atoms with Crippen LogP contribution in [0.5, 0.6) is 0 Å². The van der Waals surface area contributed by atoms with Crippen LogP contribution in [0.2, 0.25) is 0 Å². The number of anilines is 1. The second-order valence-electron chi connectivity index (χ2n) is 9.75. The highest BCUT2D eigenvalue weighted by Gasteiger charge is 2.34. The van der Waals surface area contributed by atoms with Crippen LogP contribution in [-0.2, 0) is 20.9 Å². The number of carbonyl (C=O) groups is 3. The van der Waals surface area contributed by atoms with Gasteiger partial charge in [-0.05, 0) is 57.4 Å². The van der Waals surface area contributed by atoms with E-state index in [1.807, 2.05) is 58.0 Å². The molecule has 0 bridgehead atoms. The summed E-state index contributed by atoms with van der Waals surface area (Å²) in [7, 11) is 0. The number of benzene rings is 1. The third kappa shape index (κ3) is 7.49. The average molecular weight is 492 g/mol. The molecule has 0 aliphatic carbocycles. The molecular formula is C27H33N5O4. The summed E-state index contributed by atoms with van der Waals surface area (Å²) in [5.74, 6) is -0.141. The molecule has 9 heteroatoms. The Morgan fingerprint density at radius 2 is 1.81 bits per heavy atom. The van der Waals surface area contributed by atoms with Crippen molar-refractivity contribution in [2.24, 2.45) is 0 Å². The Labute approximate surface area is 211 Å². The van der Waals surface area contributed by atoms with Crippen molar-refractivity contribution >= 4 is 23.5 Å². The molecule has 1 aromatic carbocycles. The molecular weight excluding hydrogens is 458 g/mol. The Hall–Kier alpha value is -4.01. The first-order valence-electron chi connectivity index (χ1n) is 11.8. The summed E-state index contributed by atoms with van der Waals surface area (Å²) >= 11 is 0. The van der Waals surface area contributed by atoms with Crippen LogP contribution in [0.3, 0.4) is 0 Å². The molecule has 1 unspecified atom stereocenters. The van der Waals surface area contributed by atoms with E-state index in [0.29, 0.717) is 11.6 Å². The molecule has 3 rings (SSSR count). The van der Waals surface area contributed by atoms with E-state index >= 15 is 0 Å². The Morgan fingerprint density at radius 1 is 1.06 bits per heavy atom. The monoisotopic (exact) mass is 491 g/mol. The van der Waals surface area contributed by atoms with Crippen LogP contribution in [-0.4, -0.2) is 38.3 Å². The minimum Gasteiger partial charge on any atom is -0.360 e. The van der Waals surface area contributed by atoms with E-state index in [4.69, 9.17) is 4.52 Å². The van der Waals surface area contributed by atoms with Crippen molar-refractivity contribution in [2.45, 2.75) is 65.6 Å². The maximum atomic E-state index is 13.6. The lowest BCUT2D eigenvalue weighted by Crippen LogP contribution is -2.49. The van der Waals surface area contributed by atoms with Crippen molar-refractivity contribution in [3.8, 4) is 0 Å². The van der Waals surface area contributed by atoms with Gasteiger partial charge >= 0.3 is 0 Å². The van der Waals surface area contributed by atoms with Crippen molar-refractivity contribution in [2.75, 3.05) is 5.32 Å². The number of aromatic nitrogens is 2. The van der Waals surface area contributed by atoms with E-state index < -0.39 is 11.6 Å². The van der Waals surface area contributed by atoms with Gasteiger partial charge in [0.1, 0.15) is 11.8 Å². The lowest BCUT2D eigenvalue weighted by Gasteiger charge is -2.34. The highest BCUT2D eigenvalue weighted by Crippen LogP contribution is 2.28. The van der Waals surface area contributed by atoms with Gasteiger partial charge in [0.15, 0.2) is 5.82 Å². The van der Waals surface area contributed by atoms with E-state index in [1.54, 1.807) is 31.5 Å². The fourth-order valence-corrected chi connectivity index (χ4v) is 3.79. The highest BCUT2D eigenvalue weighted by molar-refractivity contribution is 5.94. The molecule has 0 radical (unpaired) electrons. The summed E-state index contributed by atoms with van der Waals surface area (Å²) in [6, 6.07) is 11.8. The summed E-state index contributed by atoms with van der Waals surface area (Å²) in [4.78, 5) is 45.4. The fraction of sp³-hybridized carbons (Fsp3) is 0.370.